The molecule has 0 saturated heterocycles. The maximum absolute atomic E-state index is 12.2. The molecular weight excluding hydrogens is 380 g/mol. The van der Waals surface area contributed by atoms with E-state index < -0.39 is 24.0 Å². The first kappa shape index (κ1) is 23.1. The van der Waals surface area contributed by atoms with Crippen LogP contribution < -0.4 is 22.1 Å². The minimum Gasteiger partial charge on any atom is -0.391 e. The Hall–Kier alpha value is -3.16. The largest absolute Gasteiger partial charge is 0.391 e. The van der Waals surface area contributed by atoms with Gasteiger partial charge in [-0.15, -0.1) is 6.58 Å². The van der Waals surface area contributed by atoms with Gasteiger partial charge >= 0.3 is 11.9 Å². The minimum absolute atomic E-state index is 0.258. The van der Waals surface area contributed by atoms with Gasteiger partial charge in [0, 0.05) is 24.5 Å². The summed E-state index contributed by atoms with van der Waals surface area (Å²) in [5.74, 6) is -1.57. The van der Waals surface area contributed by atoms with E-state index in [0.717, 1.165) is 29.0 Å². The molecule has 7 nitrogen and oxygen atoms in total. The van der Waals surface area contributed by atoms with E-state index in [1.807, 2.05) is 55.5 Å². The fraction of sp³-hybridized carbons (Fsp3) is 0.304. The number of benzene rings is 2. The third kappa shape index (κ3) is 7.35. The maximum Gasteiger partial charge on any atom is 0.330 e. The Morgan fingerprint density at radius 3 is 2.20 bits per heavy atom. The number of carbonyl (C=O) groups is 2. The molecule has 160 valence electrons. The van der Waals surface area contributed by atoms with Gasteiger partial charge in [-0.3, -0.25) is 0 Å². The van der Waals surface area contributed by atoms with Crippen LogP contribution in [0, 0.1) is 0 Å². The van der Waals surface area contributed by atoms with Crippen LogP contribution in [-0.4, -0.2) is 37.1 Å². The van der Waals surface area contributed by atoms with E-state index in [-0.39, 0.29) is 12.8 Å². The van der Waals surface area contributed by atoms with Crippen LogP contribution in [0.2, 0.25) is 0 Å². The molecule has 0 radical (unpaired) electrons. The lowest BCUT2D eigenvalue weighted by Gasteiger charge is -2.14. The first-order valence-corrected chi connectivity index (χ1v) is 9.96. The van der Waals surface area contributed by atoms with Crippen molar-refractivity contribution < 1.29 is 14.3 Å². The lowest BCUT2D eigenvalue weighted by molar-refractivity contribution is -0.161. The number of carbonyl (C=O) groups excluding carboxylic acids is 2. The number of nitrogens with one attached hydrogen (secondary N) is 2. The molecule has 0 spiro atoms. The summed E-state index contributed by atoms with van der Waals surface area (Å²) >= 11 is 0. The molecule has 2 aromatic carbocycles. The summed E-state index contributed by atoms with van der Waals surface area (Å²) in [5.41, 5.74) is 15.5. The zero-order chi connectivity index (χ0) is 21.9. The smallest absolute Gasteiger partial charge is 0.330 e. The maximum atomic E-state index is 12.2. The molecule has 2 rings (SSSR count). The molecule has 0 saturated carbocycles. The summed E-state index contributed by atoms with van der Waals surface area (Å²) in [6, 6.07) is 13.2. The Kier molecular flexibility index (Phi) is 9.05. The van der Waals surface area contributed by atoms with Crippen molar-refractivity contribution in [1.82, 2.24) is 0 Å². The van der Waals surface area contributed by atoms with Crippen molar-refractivity contribution in [3.05, 3.63) is 72.3 Å². The molecule has 2 aromatic rings. The average molecular weight is 411 g/mol. The molecule has 30 heavy (non-hydrogen) atoms. The van der Waals surface area contributed by atoms with Crippen LogP contribution in [0.3, 0.4) is 0 Å². The second kappa shape index (κ2) is 11.7. The molecule has 0 bridgehead atoms. The highest BCUT2D eigenvalue weighted by Gasteiger charge is 2.23. The predicted molar refractivity (Wildman–Crippen MR) is 120 cm³/mol. The third-order valence-electron chi connectivity index (χ3n) is 4.43. The van der Waals surface area contributed by atoms with Crippen LogP contribution in [0.4, 0.5) is 11.4 Å². The number of anilines is 2. The Balaban J connectivity index is 1.85. The van der Waals surface area contributed by atoms with Gasteiger partial charge in [-0.1, -0.05) is 30.3 Å². The van der Waals surface area contributed by atoms with Gasteiger partial charge in [0.15, 0.2) is 0 Å². The second-order valence-corrected chi connectivity index (χ2v) is 6.96. The molecule has 7 heteroatoms. The normalized spacial score (nSPS) is 12.5. The van der Waals surface area contributed by atoms with Gasteiger partial charge in [0.25, 0.3) is 0 Å². The molecule has 6 N–H and O–H groups in total. The number of esters is 2. The average Bonchev–Trinajstić information content (AvgIpc) is 2.73. The van der Waals surface area contributed by atoms with E-state index >= 15 is 0 Å². The lowest BCUT2D eigenvalue weighted by Crippen LogP contribution is -2.41. The SMILES string of the molecule is C=CCNc1ccc(C[C@H](N)C(=O)OC(=O)[C@@H](N)Cc2cccc(NCC)c2)cc1. The topological polar surface area (TPSA) is 119 Å². The molecule has 0 amide bonds. The van der Waals surface area contributed by atoms with Crippen molar-refractivity contribution in [2.24, 2.45) is 11.5 Å². The van der Waals surface area contributed by atoms with Crippen molar-refractivity contribution in [2.45, 2.75) is 31.8 Å². The minimum atomic E-state index is -0.954. The van der Waals surface area contributed by atoms with Crippen molar-refractivity contribution in [2.75, 3.05) is 23.7 Å². The summed E-state index contributed by atoms with van der Waals surface area (Å²) in [7, 11) is 0. The number of rotatable bonds is 11. The van der Waals surface area contributed by atoms with Crippen LogP contribution in [0.5, 0.6) is 0 Å². The zero-order valence-corrected chi connectivity index (χ0v) is 17.3. The van der Waals surface area contributed by atoms with E-state index in [4.69, 9.17) is 16.2 Å². The zero-order valence-electron chi connectivity index (χ0n) is 17.3. The fourth-order valence-electron chi connectivity index (χ4n) is 2.89. The van der Waals surface area contributed by atoms with Crippen molar-refractivity contribution in [1.29, 1.82) is 0 Å². The van der Waals surface area contributed by atoms with Gasteiger partial charge in [-0.2, -0.15) is 0 Å². The molecule has 0 aliphatic heterocycles. The molecule has 0 aliphatic rings. The van der Waals surface area contributed by atoms with Crippen molar-refractivity contribution in [3.63, 3.8) is 0 Å². The van der Waals surface area contributed by atoms with E-state index in [9.17, 15) is 9.59 Å². The van der Waals surface area contributed by atoms with E-state index in [1.165, 1.54) is 0 Å². The van der Waals surface area contributed by atoms with Gasteiger partial charge in [0.2, 0.25) is 0 Å². The van der Waals surface area contributed by atoms with Crippen molar-refractivity contribution in [3.8, 4) is 0 Å². The molecule has 0 aromatic heterocycles. The van der Waals surface area contributed by atoms with Gasteiger partial charge in [-0.25, -0.2) is 9.59 Å². The molecule has 0 unspecified atom stereocenters. The summed E-state index contributed by atoms with van der Waals surface area (Å²) in [6.45, 7) is 7.10. The summed E-state index contributed by atoms with van der Waals surface area (Å²) in [4.78, 5) is 24.4. The quantitative estimate of drug-likeness (QED) is 0.255. The first-order valence-electron chi connectivity index (χ1n) is 9.96. The number of hydrogen-bond donors (Lipinski definition) is 4. The van der Waals surface area contributed by atoms with Crippen molar-refractivity contribution >= 4 is 23.3 Å². The van der Waals surface area contributed by atoms with Gasteiger partial charge < -0.3 is 26.8 Å². The fourth-order valence-corrected chi connectivity index (χ4v) is 2.89. The second-order valence-electron chi connectivity index (χ2n) is 6.96. The summed E-state index contributed by atoms with van der Waals surface area (Å²) in [5, 5.41) is 6.36. The number of nitrogens with two attached hydrogens (primary N) is 2. The van der Waals surface area contributed by atoms with Gasteiger partial charge in [0.05, 0.1) is 0 Å². The van der Waals surface area contributed by atoms with Crippen LogP contribution in [-0.2, 0) is 27.2 Å². The Labute approximate surface area is 177 Å². The van der Waals surface area contributed by atoms with Crippen LogP contribution in [0.1, 0.15) is 18.1 Å². The first-order chi connectivity index (χ1) is 14.4. The molecule has 0 fully saturated rings. The monoisotopic (exact) mass is 410 g/mol. The Bertz CT molecular complexity index is 852. The van der Waals surface area contributed by atoms with Gasteiger partial charge in [0.1, 0.15) is 12.1 Å². The highest BCUT2D eigenvalue weighted by molar-refractivity contribution is 5.91. The lowest BCUT2D eigenvalue weighted by atomic mass is 10.1. The molecular formula is C23H30N4O3. The number of ether oxygens (including phenoxy) is 1. The van der Waals surface area contributed by atoms with Gasteiger partial charge in [-0.05, 0) is 55.2 Å². The summed E-state index contributed by atoms with van der Waals surface area (Å²) < 4.78 is 4.91. The van der Waals surface area contributed by atoms with Crippen LogP contribution >= 0.6 is 0 Å². The third-order valence-corrected chi connectivity index (χ3v) is 4.43. The summed E-state index contributed by atoms with van der Waals surface area (Å²) in [6.07, 6.45) is 2.29. The molecule has 2 atom stereocenters. The highest BCUT2D eigenvalue weighted by Crippen LogP contribution is 2.13. The highest BCUT2D eigenvalue weighted by atomic mass is 16.6. The van der Waals surface area contributed by atoms with E-state index in [2.05, 4.69) is 17.2 Å². The van der Waals surface area contributed by atoms with E-state index in [1.54, 1.807) is 6.08 Å². The Morgan fingerprint density at radius 1 is 0.967 bits per heavy atom. The van der Waals surface area contributed by atoms with E-state index in [0.29, 0.717) is 6.54 Å². The standard InChI is InChI=1S/C23H30N4O3/c1-3-12-27-18-10-8-16(9-11-18)14-20(24)22(28)30-23(29)21(25)15-17-6-5-7-19(13-17)26-4-2/h3,5-11,13,20-21,26-27H,1,4,12,14-15,24-25H2,2H3/t20-,21-/m0/s1. The number of hydrogen-bond acceptors (Lipinski definition) is 7. The molecule has 0 heterocycles. The van der Waals surface area contributed by atoms with Crippen LogP contribution in [0.25, 0.3) is 0 Å². The molecule has 0 aliphatic carbocycles. The predicted octanol–water partition coefficient (Wildman–Crippen LogP) is 2.23. The van der Waals surface area contributed by atoms with Crippen LogP contribution in [0.15, 0.2) is 61.2 Å². The Morgan fingerprint density at radius 2 is 1.60 bits per heavy atom.